The quantitative estimate of drug-likeness (QED) is 0.399. The zero-order valence-corrected chi connectivity index (χ0v) is 17.2. The van der Waals surface area contributed by atoms with Crippen molar-refractivity contribution in [1.82, 2.24) is 5.43 Å². The predicted molar refractivity (Wildman–Crippen MR) is 110 cm³/mol. The third-order valence-electron chi connectivity index (χ3n) is 4.09. The van der Waals surface area contributed by atoms with Crippen LogP contribution in [0.3, 0.4) is 0 Å². The molecule has 1 N–H and O–H groups in total. The lowest BCUT2D eigenvalue weighted by atomic mass is 10.0. The zero-order chi connectivity index (χ0) is 21.2. The molecule has 0 radical (unpaired) electrons. The highest BCUT2D eigenvalue weighted by molar-refractivity contribution is 5.84. The van der Waals surface area contributed by atoms with Crippen molar-refractivity contribution in [3.8, 4) is 11.5 Å². The fourth-order valence-electron chi connectivity index (χ4n) is 2.62. The molecule has 0 aliphatic carbocycles. The zero-order valence-electron chi connectivity index (χ0n) is 17.2. The Hall–Kier alpha value is -3.35. The number of hydrogen-bond donors (Lipinski definition) is 1. The molecule has 0 spiro atoms. The van der Waals surface area contributed by atoms with Gasteiger partial charge in [-0.15, -0.1) is 0 Å². The summed E-state index contributed by atoms with van der Waals surface area (Å²) in [5, 5.41) is 4.01. The summed E-state index contributed by atoms with van der Waals surface area (Å²) >= 11 is 0. The molecule has 1 amide bonds. The second kappa shape index (κ2) is 10.8. The first-order valence-electron chi connectivity index (χ1n) is 9.27. The molecule has 0 fully saturated rings. The van der Waals surface area contributed by atoms with E-state index in [1.54, 1.807) is 18.2 Å². The average Bonchev–Trinajstić information content (AvgIpc) is 2.69. The van der Waals surface area contributed by atoms with Crippen LogP contribution < -0.4 is 14.9 Å². The van der Waals surface area contributed by atoms with Crippen molar-refractivity contribution in [2.75, 3.05) is 20.3 Å². The average molecular weight is 398 g/mol. The van der Waals surface area contributed by atoms with Crippen molar-refractivity contribution in [2.24, 2.45) is 5.10 Å². The van der Waals surface area contributed by atoms with Gasteiger partial charge in [0, 0.05) is 0 Å². The van der Waals surface area contributed by atoms with Crippen LogP contribution in [0.4, 0.5) is 0 Å². The molecule has 0 heterocycles. The summed E-state index contributed by atoms with van der Waals surface area (Å²) in [6, 6.07) is 11.1. The van der Waals surface area contributed by atoms with E-state index < -0.39 is 5.97 Å². The Morgan fingerprint density at radius 3 is 2.55 bits per heavy atom. The van der Waals surface area contributed by atoms with Gasteiger partial charge in [0.2, 0.25) is 5.91 Å². The van der Waals surface area contributed by atoms with Crippen molar-refractivity contribution in [1.29, 1.82) is 0 Å². The molecule has 0 aliphatic rings. The molecule has 0 unspecified atom stereocenters. The summed E-state index contributed by atoms with van der Waals surface area (Å²) in [5.74, 6) is 0.219. The molecule has 29 heavy (non-hydrogen) atoms. The van der Waals surface area contributed by atoms with Crippen LogP contribution in [0, 0.1) is 13.8 Å². The van der Waals surface area contributed by atoms with Crippen molar-refractivity contribution in [2.45, 2.75) is 27.2 Å². The van der Waals surface area contributed by atoms with Crippen LogP contribution in [0.1, 0.15) is 29.2 Å². The first-order chi connectivity index (χ1) is 13.9. The van der Waals surface area contributed by atoms with E-state index in [0.717, 1.165) is 16.7 Å². The van der Waals surface area contributed by atoms with Gasteiger partial charge in [-0.1, -0.05) is 23.8 Å². The normalized spacial score (nSPS) is 10.6. The third-order valence-corrected chi connectivity index (χ3v) is 4.09. The number of aryl methyl sites for hydroxylation is 2. The van der Waals surface area contributed by atoms with Crippen LogP contribution in [0.2, 0.25) is 0 Å². The van der Waals surface area contributed by atoms with Crippen molar-refractivity contribution in [3.63, 3.8) is 0 Å². The first-order valence-corrected chi connectivity index (χ1v) is 9.27. The van der Waals surface area contributed by atoms with Gasteiger partial charge in [-0.05, 0) is 55.7 Å². The molecule has 0 bridgehead atoms. The van der Waals surface area contributed by atoms with Gasteiger partial charge in [-0.2, -0.15) is 5.10 Å². The molecule has 2 aromatic carbocycles. The Bertz CT molecular complexity index is 893. The molecule has 0 aromatic heterocycles. The number of amides is 1. The third kappa shape index (κ3) is 6.95. The Labute approximate surface area is 170 Å². The van der Waals surface area contributed by atoms with Crippen molar-refractivity contribution in [3.05, 3.63) is 58.7 Å². The highest BCUT2D eigenvalue weighted by Crippen LogP contribution is 2.28. The van der Waals surface area contributed by atoms with Gasteiger partial charge in [0.25, 0.3) is 0 Å². The van der Waals surface area contributed by atoms with E-state index in [4.69, 9.17) is 9.47 Å². The van der Waals surface area contributed by atoms with Gasteiger partial charge in [-0.3, -0.25) is 4.79 Å². The summed E-state index contributed by atoms with van der Waals surface area (Å²) in [4.78, 5) is 23.4. The van der Waals surface area contributed by atoms with Crippen LogP contribution in [0.25, 0.3) is 0 Å². The van der Waals surface area contributed by atoms with Gasteiger partial charge in [0.05, 0.1) is 26.4 Å². The van der Waals surface area contributed by atoms with Gasteiger partial charge in [0.1, 0.15) is 0 Å². The molecular formula is C22H26N2O5. The maximum atomic E-state index is 12.1. The van der Waals surface area contributed by atoms with E-state index in [-0.39, 0.29) is 18.9 Å². The summed E-state index contributed by atoms with van der Waals surface area (Å²) in [5.41, 5.74) is 6.45. The minimum atomic E-state index is -0.482. The van der Waals surface area contributed by atoms with E-state index in [1.807, 2.05) is 39.0 Å². The number of benzene rings is 2. The predicted octanol–water partition coefficient (Wildman–Crippen LogP) is 2.95. The monoisotopic (exact) mass is 398 g/mol. The Balaban J connectivity index is 1.99. The number of carbonyl (C=O) groups excluding carboxylic acids is 2. The highest BCUT2D eigenvalue weighted by atomic mass is 16.6. The largest absolute Gasteiger partial charge is 0.490 e. The molecule has 0 saturated heterocycles. The van der Waals surface area contributed by atoms with E-state index in [0.29, 0.717) is 23.7 Å². The Kier molecular flexibility index (Phi) is 8.21. The first kappa shape index (κ1) is 21.9. The fraction of sp³-hybridized carbons (Fsp3) is 0.318. The van der Waals surface area contributed by atoms with Crippen LogP contribution in [0.15, 0.2) is 41.5 Å². The number of rotatable bonds is 9. The number of nitrogens with zero attached hydrogens (tertiary/aromatic N) is 1. The van der Waals surface area contributed by atoms with E-state index in [1.165, 1.54) is 13.3 Å². The SMILES string of the molecule is CCOc1cc(/C=N\NC(=O)Cc2ccc(C)cc2C)ccc1OCC(=O)OC. The number of esters is 1. The maximum Gasteiger partial charge on any atom is 0.343 e. The molecule has 0 aliphatic heterocycles. The lowest BCUT2D eigenvalue weighted by Gasteiger charge is -2.11. The second-order valence-electron chi connectivity index (χ2n) is 6.40. The van der Waals surface area contributed by atoms with Gasteiger partial charge < -0.3 is 14.2 Å². The molecule has 154 valence electrons. The lowest BCUT2D eigenvalue weighted by molar-refractivity contribution is -0.142. The number of nitrogens with one attached hydrogen (secondary N) is 1. The van der Waals surface area contributed by atoms with Gasteiger partial charge in [0.15, 0.2) is 18.1 Å². The van der Waals surface area contributed by atoms with Gasteiger partial charge in [-0.25, -0.2) is 10.2 Å². The standard InChI is InChI=1S/C22H26N2O5/c1-5-28-20-11-17(7-9-19(20)29-14-22(26)27-4)13-23-24-21(25)12-18-8-6-15(2)10-16(18)3/h6-11,13H,5,12,14H2,1-4H3,(H,24,25)/b23-13-. The number of hydrogen-bond acceptors (Lipinski definition) is 6. The minimum absolute atomic E-state index is 0.198. The summed E-state index contributed by atoms with van der Waals surface area (Å²) in [6.07, 6.45) is 1.78. The van der Waals surface area contributed by atoms with Crippen molar-refractivity contribution >= 4 is 18.1 Å². The summed E-state index contributed by atoms with van der Waals surface area (Å²) in [6.45, 7) is 6.07. The number of methoxy groups -OCH3 is 1. The van der Waals surface area contributed by atoms with Gasteiger partial charge >= 0.3 is 5.97 Å². The topological polar surface area (TPSA) is 86.2 Å². The lowest BCUT2D eigenvalue weighted by Crippen LogP contribution is -2.20. The molecular weight excluding hydrogens is 372 g/mol. The van der Waals surface area contributed by atoms with Crippen LogP contribution in [-0.4, -0.2) is 38.4 Å². The number of hydrazone groups is 1. The van der Waals surface area contributed by atoms with E-state index in [2.05, 4.69) is 15.3 Å². The van der Waals surface area contributed by atoms with Crippen LogP contribution in [-0.2, 0) is 20.7 Å². The fourth-order valence-corrected chi connectivity index (χ4v) is 2.62. The Morgan fingerprint density at radius 1 is 1.07 bits per heavy atom. The van der Waals surface area contributed by atoms with Crippen LogP contribution >= 0.6 is 0 Å². The second-order valence-corrected chi connectivity index (χ2v) is 6.40. The molecule has 7 heteroatoms. The Morgan fingerprint density at radius 2 is 1.86 bits per heavy atom. The smallest absolute Gasteiger partial charge is 0.343 e. The number of carbonyl (C=O) groups is 2. The highest BCUT2D eigenvalue weighted by Gasteiger charge is 2.09. The summed E-state index contributed by atoms with van der Waals surface area (Å²) < 4.78 is 15.5. The minimum Gasteiger partial charge on any atom is -0.490 e. The van der Waals surface area contributed by atoms with E-state index >= 15 is 0 Å². The number of ether oxygens (including phenoxy) is 3. The van der Waals surface area contributed by atoms with Crippen LogP contribution in [0.5, 0.6) is 11.5 Å². The van der Waals surface area contributed by atoms with E-state index in [9.17, 15) is 9.59 Å². The molecule has 2 rings (SSSR count). The summed E-state index contributed by atoms with van der Waals surface area (Å²) in [7, 11) is 1.29. The molecule has 0 saturated carbocycles. The maximum absolute atomic E-state index is 12.1. The molecule has 0 atom stereocenters. The molecule has 7 nitrogen and oxygen atoms in total. The van der Waals surface area contributed by atoms with Crippen molar-refractivity contribution < 1.29 is 23.8 Å². The molecule has 2 aromatic rings.